The van der Waals surface area contributed by atoms with Gasteiger partial charge < -0.3 is 0 Å². The average molecular weight is 207 g/mol. The molecular weight excluding hydrogens is 198 g/mol. The number of hydrogen-bond acceptors (Lipinski definition) is 5. The van der Waals surface area contributed by atoms with Crippen LogP contribution in [0.4, 0.5) is 0 Å². The van der Waals surface area contributed by atoms with Gasteiger partial charge >= 0.3 is 0 Å². The highest BCUT2D eigenvalue weighted by Crippen LogP contribution is 2.25. The third-order valence-corrected chi connectivity index (χ3v) is 2.37. The van der Waals surface area contributed by atoms with Gasteiger partial charge in [0.25, 0.3) is 22.8 Å². The first kappa shape index (κ1) is 10.1. The summed E-state index contributed by atoms with van der Waals surface area (Å²) in [5, 5.41) is 0.307. The van der Waals surface area contributed by atoms with Crippen LogP contribution < -0.4 is 0 Å². The Labute approximate surface area is 76.6 Å². The lowest BCUT2D eigenvalue weighted by molar-refractivity contribution is -0.164. The molecule has 13 heavy (non-hydrogen) atoms. The van der Waals surface area contributed by atoms with E-state index in [0.717, 1.165) is 0 Å². The average Bonchev–Trinajstić information content (AvgIpc) is 2.22. The van der Waals surface area contributed by atoms with Gasteiger partial charge in [-0.15, -0.1) is 9.35 Å². The summed E-state index contributed by atoms with van der Waals surface area (Å²) < 4.78 is 24.3. The quantitative estimate of drug-likeness (QED) is 0.468. The summed E-state index contributed by atoms with van der Waals surface area (Å²) in [6, 6.07) is 0. The lowest BCUT2D eigenvalue weighted by Gasteiger charge is -2.06. The molecule has 0 radical (unpaired) electrons. The maximum atomic E-state index is 11.2. The van der Waals surface area contributed by atoms with E-state index >= 15 is 0 Å². The molecular formula is C6H9NO5S. The van der Waals surface area contributed by atoms with E-state index in [4.69, 9.17) is 0 Å². The highest BCUT2D eigenvalue weighted by Gasteiger charge is 2.44. The summed E-state index contributed by atoms with van der Waals surface area (Å²) in [5.74, 6) is -2.28. The molecule has 1 aliphatic rings. The summed E-state index contributed by atoms with van der Waals surface area (Å²) in [4.78, 5) is 22.3. The second-order valence-corrected chi connectivity index (χ2v) is 3.46. The van der Waals surface area contributed by atoms with Crippen molar-refractivity contribution in [1.82, 2.24) is 5.06 Å². The van der Waals surface area contributed by atoms with E-state index in [2.05, 4.69) is 4.28 Å². The molecule has 0 saturated carbocycles. The topological polar surface area (TPSA) is 80.8 Å². The highest BCUT2D eigenvalue weighted by molar-refractivity contribution is 7.67. The molecule has 0 spiro atoms. The van der Waals surface area contributed by atoms with Crippen LogP contribution in [-0.2, 0) is 24.9 Å². The van der Waals surface area contributed by atoms with Crippen molar-refractivity contribution in [3.8, 4) is 0 Å². The Morgan fingerprint density at radius 1 is 1.15 bits per heavy atom. The van der Waals surface area contributed by atoms with Crippen molar-refractivity contribution in [2.24, 2.45) is 11.8 Å². The van der Waals surface area contributed by atoms with Crippen molar-refractivity contribution in [2.45, 2.75) is 13.8 Å². The van der Waals surface area contributed by atoms with Crippen molar-refractivity contribution >= 4 is 22.8 Å². The first-order valence-corrected chi connectivity index (χ1v) is 4.75. The van der Waals surface area contributed by atoms with Gasteiger partial charge in [-0.3, -0.25) is 9.59 Å². The monoisotopic (exact) mass is 207 g/mol. The van der Waals surface area contributed by atoms with Gasteiger partial charge in [0.15, 0.2) is 0 Å². The molecule has 74 valence electrons. The van der Waals surface area contributed by atoms with E-state index in [0.29, 0.717) is 5.06 Å². The van der Waals surface area contributed by atoms with Crippen LogP contribution in [0.2, 0.25) is 0 Å². The van der Waals surface area contributed by atoms with Crippen LogP contribution in [0, 0.1) is 11.8 Å². The third kappa shape index (κ3) is 1.70. The molecule has 2 amide bonds. The van der Waals surface area contributed by atoms with Gasteiger partial charge in [0, 0.05) is 11.8 Å². The number of thiol groups is 1. The molecule has 6 nitrogen and oxygen atoms in total. The predicted molar refractivity (Wildman–Crippen MR) is 41.6 cm³/mol. The number of hydrogen-bond donors (Lipinski definition) is 1. The number of imide groups is 1. The minimum atomic E-state index is -3.22. The highest BCUT2D eigenvalue weighted by atomic mass is 32.2. The van der Waals surface area contributed by atoms with Crippen molar-refractivity contribution in [1.29, 1.82) is 0 Å². The maximum absolute atomic E-state index is 11.2. The van der Waals surface area contributed by atoms with Crippen molar-refractivity contribution < 1.29 is 22.3 Å². The van der Waals surface area contributed by atoms with Crippen LogP contribution in [-0.4, -0.2) is 25.3 Å². The lowest BCUT2D eigenvalue weighted by Crippen LogP contribution is -2.30. The zero-order valence-corrected chi connectivity index (χ0v) is 7.98. The van der Waals surface area contributed by atoms with Crippen LogP contribution in [0.5, 0.6) is 0 Å². The molecule has 2 atom stereocenters. The molecule has 0 N–H and O–H groups in total. The standard InChI is InChI=1S/C6H9NO5S/c1-3-4(2)6(9)7(5(3)8)12-13(10)11/h3-4,13H,1-2H3. The van der Waals surface area contributed by atoms with Crippen LogP contribution >= 0.6 is 0 Å². The lowest BCUT2D eigenvalue weighted by atomic mass is 10.00. The minimum absolute atomic E-state index is 0.307. The molecule has 7 heteroatoms. The molecule has 1 saturated heterocycles. The molecule has 0 bridgehead atoms. The molecule has 0 aromatic carbocycles. The van der Waals surface area contributed by atoms with E-state index < -0.39 is 34.6 Å². The maximum Gasteiger partial charge on any atom is 0.278 e. The third-order valence-electron chi connectivity index (χ3n) is 2.08. The number of carbonyl (C=O) groups excluding carboxylic acids is 2. The zero-order valence-electron chi connectivity index (χ0n) is 7.09. The molecule has 0 aliphatic carbocycles. The van der Waals surface area contributed by atoms with Gasteiger partial charge in [-0.2, -0.15) is 0 Å². The van der Waals surface area contributed by atoms with Gasteiger partial charge in [-0.1, -0.05) is 13.8 Å². The SMILES string of the molecule is CC1C(=O)N(O[SH](=O)=O)C(=O)C1C. The second kappa shape index (κ2) is 3.43. The molecule has 0 aromatic heterocycles. The van der Waals surface area contributed by atoms with Crippen LogP contribution in [0.3, 0.4) is 0 Å². The predicted octanol–water partition coefficient (Wildman–Crippen LogP) is -0.915. The largest absolute Gasteiger partial charge is 0.278 e. The Balaban J connectivity index is 2.87. The van der Waals surface area contributed by atoms with E-state index in [9.17, 15) is 18.0 Å². The summed E-state index contributed by atoms with van der Waals surface area (Å²) >= 11 is 0. The first-order valence-electron chi connectivity index (χ1n) is 3.65. The van der Waals surface area contributed by atoms with Crippen LogP contribution in [0.25, 0.3) is 0 Å². The Kier molecular flexibility index (Phi) is 2.67. The summed E-state index contributed by atoms with van der Waals surface area (Å²) in [7, 11) is -3.22. The zero-order chi connectivity index (χ0) is 10.2. The Morgan fingerprint density at radius 3 is 1.85 bits per heavy atom. The van der Waals surface area contributed by atoms with Gasteiger partial charge in [0.1, 0.15) is 0 Å². The van der Waals surface area contributed by atoms with Gasteiger partial charge in [-0.05, 0) is 0 Å². The Morgan fingerprint density at radius 2 is 1.54 bits per heavy atom. The van der Waals surface area contributed by atoms with Crippen LogP contribution in [0.15, 0.2) is 0 Å². The fourth-order valence-electron chi connectivity index (χ4n) is 1.05. The van der Waals surface area contributed by atoms with Crippen molar-refractivity contribution in [3.05, 3.63) is 0 Å². The summed E-state index contributed by atoms with van der Waals surface area (Å²) in [6.45, 7) is 3.10. The molecule has 1 fully saturated rings. The Hall–Kier alpha value is -0.950. The summed E-state index contributed by atoms with van der Waals surface area (Å²) in [5.41, 5.74) is 0. The van der Waals surface area contributed by atoms with Crippen molar-refractivity contribution in [3.63, 3.8) is 0 Å². The normalized spacial score (nSPS) is 29.0. The Bertz CT molecular complexity index is 295. The van der Waals surface area contributed by atoms with E-state index in [-0.39, 0.29) is 0 Å². The molecule has 2 unspecified atom stereocenters. The first-order chi connectivity index (χ1) is 5.95. The van der Waals surface area contributed by atoms with Gasteiger partial charge in [-0.25, -0.2) is 8.42 Å². The fraction of sp³-hybridized carbons (Fsp3) is 0.667. The molecule has 1 aliphatic heterocycles. The van der Waals surface area contributed by atoms with Crippen LogP contribution in [0.1, 0.15) is 13.8 Å². The molecule has 1 rings (SSSR count). The number of hydroxylamine groups is 2. The van der Waals surface area contributed by atoms with Crippen molar-refractivity contribution in [2.75, 3.05) is 0 Å². The molecule has 0 aromatic rings. The van der Waals surface area contributed by atoms with Gasteiger partial charge in [0.2, 0.25) is 0 Å². The molecule has 1 heterocycles. The number of rotatable bonds is 2. The van der Waals surface area contributed by atoms with E-state index in [1.807, 2.05) is 0 Å². The number of carbonyl (C=O) groups is 2. The van der Waals surface area contributed by atoms with E-state index in [1.54, 1.807) is 13.8 Å². The fourth-order valence-corrected chi connectivity index (χ4v) is 1.35. The van der Waals surface area contributed by atoms with E-state index in [1.165, 1.54) is 0 Å². The smallest absolute Gasteiger partial charge is 0.272 e. The minimum Gasteiger partial charge on any atom is -0.272 e. The second-order valence-electron chi connectivity index (χ2n) is 2.85. The van der Waals surface area contributed by atoms with Gasteiger partial charge in [0.05, 0.1) is 0 Å². The number of amides is 2. The summed E-state index contributed by atoms with van der Waals surface area (Å²) in [6.07, 6.45) is 0. The number of nitrogens with zero attached hydrogens (tertiary/aromatic N) is 1.